The molecule has 4 heteroatoms. The molecule has 34 heavy (non-hydrogen) atoms. The number of nitrogens with one attached hydrogen (secondary N) is 1. The predicted octanol–water partition coefficient (Wildman–Crippen LogP) is 6.88. The van der Waals surface area contributed by atoms with Gasteiger partial charge in [0, 0.05) is 27.9 Å². The van der Waals surface area contributed by atoms with Gasteiger partial charge < -0.3 is 14.8 Å². The van der Waals surface area contributed by atoms with Gasteiger partial charge in [-0.15, -0.1) is 0 Å². The van der Waals surface area contributed by atoms with E-state index in [0.717, 1.165) is 11.4 Å². The zero-order chi connectivity index (χ0) is 24.2. The van der Waals surface area contributed by atoms with Crippen molar-refractivity contribution >= 4 is 10.9 Å². The molecule has 1 saturated heterocycles. The summed E-state index contributed by atoms with van der Waals surface area (Å²) in [5, 5.41) is 1.40. The van der Waals surface area contributed by atoms with Crippen molar-refractivity contribution in [3.05, 3.63) is 52.8 Å². The lowest BCUT2D eigenvalue weighted by molar-refractivity contribution is 0.195. The van der Waals surface area contributed by atoms with Crippen molar-refractivity contribution in [2.75, 3.05) is 39.3 Å². The third-order valence-corrected chi connectivity index (χ3v) is 7.71. The van der Waals surface area contributed by atoms with Crippen LogP contribution < -0.4 is 0 Å². The molecule has 3 heterocycles. The Morgan fingerprint density at radius 2 is 1.71 bits per heavy atom. The molecule has 0 spiro atoms. The van der Waals surface area contributed by atoms with Crippen LogP contribution in [-0.4, -0.2) is 59.0 Å². The molecule has 0 atom stereocenters. The number of rotatable bonds is 9. The Hall–Kier alpha value is -2.17. The average Bonchev–Trinajstić information content (AvgIpc) is 3.21. The second kappa shape index (κ2) is 11.0. The summed E-state index contributed by atoms with van der Waals surface area (Å²) >= 11 is 0. The standard InChI is InChI=1S/C30H44N4/c1-7-33(8-2)14-9-15-34-16-12-24(13-17-34)25-10-11-28-27(20-25)29(21(3)4)30(32-28)26-18-22(5)31-23(6)19-26/h10-11,18-21,24,32H,7-9,12-17H2,1-6H3. The molecule has 1 aromatic carbocycles. The molecule has 0 amide bonds. The summed E-state index contributed by atoms with van der Waals surface area (Å²) in [5.41, 5.74) is 8.88. The van der Waals surface area contributed by atoms with Gasteiger partial charge in [0.1, 0.15) is 0 Å². The van der Waals surface area contributed by atoms with Gasteiger partial charge in [-0.1, -0.05) is 33.8 Å². The molecule has 0 aliphatic carbocycles. The Morgan fingerprint density at radius 1 is 1.03 bits per heavy atom. The highest BCUT2D eigenvalue weighted by molar-refractivity contribution is 5.92. The molecular formula is C30H44N4. The van der Waals surface area contributed by atoms with Gasteiger partial charge in [0.05, 0.1) is 5.69 Å². The Bertz CT molecular complexity index is 1060. The van der Waals surface area contributed by atoms with E-state index in [2.05, 4.69) is 91.6 Å². The maximum absolute atomic E-state index is 4.59. The van der Waals surface area contributed by atoms with E-state index in [0.29, 0.717) is 11.8 Å². The number of aromatic nitrogens is 2. The van der Waals surface area contributed by atoms with Crippen LogP contribution in [0.3, 0.4) is 0 Å². The summed E-state index contributed by atoms with van der Waals surface area (Å²) in [7, 11) is 0. The van der Waals surface area contributed by atoms with Crippen molar-refractivity contribution < 1.29 is 0 Å². The van der Waals surface area contributed by atoms with Crippen LogP contribution in [0.15, 0.2) is 30.3 Å². The summed E-state index contributed by atoms with van der Waals surface area (Å²) in [4.78, 5) is 13.6. The molecule has 0 radical (unpaired) electrons. The largest absolute Gasteiger partial charge is 0.354 e. The number of pyridine rings is 1. The molecule has 1 N–H and O–H groups in total. The highest BCUT2D eigenvalue weighted by Crippen LogP contribution is 2.38. The summed E-state index contributed by atoms with van der Waals surface area (Å²) in [6, 6.07) is 11.6. The fourth-order valence-electron chi connectivity index (χ4n) is 5.84. The molecule has 0 saturated carbocycles. The van der Waals surface area contributed by atoms with Gasteiger partial charge in [-0.25, -0.2) is 0 Å². The minimum Gasteiger partial charge on any atom is -0.354 e. The first-order valence-corrected chi connectivity index (χ1v) is 13.5. The lowest BCUT2D eigenvalue weighted by Gasteiger charge is -2.32. The fraction of sp³-hybridized carbons (Fsp3) is 0.567. The molecule has 184 valence electrons. The molecule has 4 nitrogen and oxygen atoms in total. The number of aromatic amines is 1. The Labute approximate surface area is 206 Å². The normalized spacial score (nSPS) is 15.8. The lowest BCUT2D eigenvalue weighted by atomic mass is 9.87. The second-order valence-electron chi connectivity index (χ2n) is 10.5. The predicted molar refractivity (Wildman–Crippen MR) is 146 cm³/mol. The maximum atomic E-state index is 4.59. The Kier molecular flexibility index (Phi) is 8.10. The van der Waals surface area contributed by atoms with Crippen molar-refractivity contribution in [2.24, 2.45) is 0 Å². The molecule has 1 fully saturated rings. The molecule has 3 aromatic rings. The molecule has 1 aliphatic rings. The first-order chi connectivity index (χ1) is 16.4. The SMILES string of the molecule is CCN(CC)CCCN1CCC(c2ccc3[nH]c(-c4cc(C)nc(C)c4)c(C(C)C)c3c2)CC1. The molecular weight excluding hydrogens is 416 g/mol. The number of likely N-dealkylation sites (tertiary alicyclic amines) is 1. The van der Waals surface area contributed by atoms with Crippen LogP contribution in [0.4, 0.5) is 0 Å². The highest BCUT2D eigenvalue weighted by Gasteiger charge is 2.23. The lowest BCUT2D eigenvalue weighted by Crippen LogP contribution is -2.35. The van der Waals surface area contributed by atoms with E-state index in [9.17, 15) is 0 Å². The smallest absolute Gasteiger partial charge is 0.0501 e. The number of H-pyrrole nitrogens is 1. The van der Waals surface area contributed by atoms with Crippen molar-refractivity contribution in [3.8, 4) is 11.3 Å². The maximum Gasteiger partial charge on any atom is 0.0501 e. The first-order valence-electron chi connectivity index (χ1n) is 13.5. The Morgan fingerprint density at radius 3 is 2.32 bits per heavy atom. The summed E-state index contributed by atoms with van der Waals surface area (Å²) in [5.74, 6) is 1.13. The molecule has 4 rings (SSSR count). The molecule has 1 aliphatic heterocycles. The number of aryl methyl sites for hydroxylation is 2. The molecule has 2 aromatic heterocycles. The second-order valence-corrected chi connectivity index (χ2v) is 10.5. The van der Waals surface area contributed by atoms with E-state index in [4.69, 9.17) is 0 Å². The van der Waals surface area contributed by atoms with Gasteiger partial charge in [0.2, 0.25) is 0 Å². The number of fused-ring (bicyclic) bond motifs is 1. The molecule has 0 bridgehead atoms. The van der Waals surface area contributed by atoms with E-state index >= 15 is 0 Å². The highest BCUT2D eigenvalue weighted by atomic mass is 15.1. The van der Waals surface area contributed by atoms with Crippen LogP contribution >= 0.6 is 0 Å². The zero-order valence-corrected chi connectivity index (χ0v) is 22.2. The first kappa shape index (κ1) is 24.9. The number of benzene rings is 1. The van der Waals surface area contributed by atoms with Crippen LogP contribution in [0.2, 0.25) is 0 Å². The quantitative estimate of drug-likeness (QED) is 0.378. The van der Waals surface area contributed by atoms with Crippen LogP contribution in [0, 0.1) is 13.8 Å². The number of hydrogen-bond acceptors (Lipinski definition) is 3. The summed E-state index contributed by atoms with van der Waals surface area (Å²) < 4.78 is 0. The van der Waals surface area contributed by atoms with Gasteiger partial charge in [-0.3, -0.25) is 4.98 Å². The minimum atomic E-state index is 0.459. The minimum absolute atomic E-state index is 0.459. The van der Waals surface area contributed by atoms with E-state index in [1.54, 1.807) is 0 Å². The Balaban J connectivity index is 1.50. The van der Waals surface area contributed by atoms with E-state index in [1.165, 1.54) is 91.8 Å². The van der Waals surface area contributed by atoms with E-state index in [-0.39, 0.29) is 0 Å². The van der Waals surface area contributed by atoms with Gasteiger partial charge >= 0.3 is 0 Å². The fourth-order valence-corrected chi connectivity index (χ4v) is 5.84. The van der Waals surface area contributed by atoms with Crippen molar-refractivity contribution in [3.63, 3.8) is 0 Å². The number of piperidine rings is 1. The van der Waals surface area contributed by atoms with Crippen LogP contribution in [0.5, 0.6) is 0 Å². The van der Waals surface area contributed by atoms with Gasteiger partial charge in [-0.05, 0) is 120 Å². The van der Waals surface area contributed by atoms with Gasteiger partial charge in [-0.2, -0.15) is 0 Å². The monoisotopic (exact) mass is 460 g/mol. The van der Waals surface area contributed by atoms with Crippen molar-refractivity contribution in [1.29, 1.82) is 0 Å². The van der Waals surface area contributed by atoms with Crippen LogP contribution in [0.25, 0.3) is 22.2 Å². The zero-order valence-electron chi connectivity index (χ0n) is 22.2. The summed E-state index contributed by atoms with van der Waals surface area (Å²) in [6.45, 7) is 20.6. The van der Waals surface area contributed by atoms with E-state index in [1.807, 2.05) is 0 Å². The van der Waals surface area contributed by atoms with Crippen LogP contribution in [0.1, 0.15) is 81.3 Å². The van der Waals surface area contributed by atoms with Gasteiger partial charge in [0.25, 0.3) is 0 Å². The van der Waals surface area contributed by atoms with Crippen molar-refractivity contribution in [2.45, 2.75) is 72.6 Å². The van der Waals surface area contributed by atoms with Crippen LogP contribution in [-0.2, 0) is 0 Å². The topological polar surface area (TPSA) is 35.2 Å². The van der Waals surface area contributed by atoms with Gasteiger partial charge in [0.15, 0.2) is 0 Å². The third-order valence-electron chi connectivity index (χ3n) is 7.71. The number of hydrogen-bond donors (Lipinski definition) is 1. The molecule has 0 unspecified atom stereocenters. The average molecular weight is 461 g/mol. The third kappa shape index (κ3) is 5.55. The van der Waals surface area contributed by atoms with E-state index < -0.39 is 0 Å². The van der Waals surface area contributed by atoms with Crippen molar-refractivity contribution in [1.82, 2.24) is 19.8 Å². The number of nitrogens with zero attached hydrogens (tertiary/aromatic N) is 3. The summed E-state index contributed by atoms with van der Waals surface area (Å²) in [6.07, 6.45) is 3.83.